The highest BCUT2D eigenvalue weighted by atomic mass is 79.9. The van der Waals surface area contributed by atoms with Crippen molar-refractivity contribution in [1.82, 2.24) is 0 Å². The minimum Gasteiger partial charge on any atom is -0.455 e. The van der Waals surface area contributed by atoms with Crippen molar-refractivity contribution in [3.05, 3.63) is 108 Å². The fourth-order valence-electron chi connectivity index (χ4n) is 5.63. The van der Waals surface area contributed by atoms with Crippen LogP contribution in [0.5, 0.6) is 0 Å². The summed E-state index contributed by atoms with van der Waals surface area (Å²) in [6, 6.07) is 35.9. The highest BCUT2D eigenvalue weighted by Gasteiger charge is 2.21. The molecule has 164 valence electrons. The third kappa shape index (κ3) is 2.53. The van der Waals surface area contributed by atoms with E-state index in [0.717, 1.165) is 53.9 Å². The Kier molecular flexibility index (Phi) is 3.83. The second-order valence-electron chi connectivity index (χ2n) is 8.98. The summed E-state index contributed by atoms with van der Waals surface area (Å²) in [6.07, 6.45) is 0. The van der Waals surface area contributed by atoms with Gasteiger partial charge in [-0.1, -0.05) is 84.9 Å². The van der Waals surface area contributed by atoms with Crippen LogP contribution in [-0.2, 0) is 0 Å². The number of hydrogen-bond donors (Lipinski definition) is 0. The molecular weight excluding hydrogens is 496 g/mol. The number of halogens is 1. The van der Waals surface area contributed by atoms with Crippen LogP contribution in [0.4, 0.5) is 0 Å². The SMILES string of the molecule is Brc1c2ccccc2c(-c2cccc3c2oc2ccc4c5ccccc5oc4c23)c2ccccc12. The van der Waals surface area contributed by atoms with Crippen molar-refractivity contribution >= 4 is 81.4 Å². The summed E-state index contributed by atoms with van der Waals surface area (Å²) >= 11 is 3.88. The third-order valence-electron chi connectivity index (χ3n) is 7.14. The van der Waals surface area contributed by atoms with Gasteiger partial charge in [0.05, 0.1) is 5.39 Å². The summed E-state index contributed by atoms with van der Waals surface area (Å²) in [5, 5.41) is 9.10. The van der Waals surface area contributed by atoms with Crippen LogP contribution in [0.1, 0.15) is 0 Å². The highest BCUT2D eigenvalue weighted by Crippen LogP contribution is 2.46. The van der Waals surface area contributed by atoms with Crippen LogP contribution in [0, 0.1) is 0 Å². The van der Waals surface area contributed by atoms with E-state index in [1.807, 2.05) is 12.1 Å². The van der Waals surface area contributed by atoms with Crippen molar-refractivity contribution < 1.29 is 8.83 Å². The summed E-state index contributed by atoms with van der Waals surface area (Å²) in [5.41, 5.74) is 5.76. The van der Waals surface area contributed by atoms with Crippen LogP contribution in [-0.4, -0.2) is 0 Å². The number of fused-ring (bicyclic) bond motifs is 9. The fraction of sp³-hybridized carbons (Fsp3) is 0. The first kappa shape index (κ1) is 19.2. The van der Waals surface area contributed by atoms with Gasteiger partial charge in [-0.3, -0.25) is 0 Å². The maximum absolute atomic E-state index is 6.60. The standard InChI is InChI=1S/C32H17BrO2/c33-30-21-11-3-1-9-19(21)28(20-10-2-4-12-22(20)30)24-13-7-14-25-29-27(35-31(24)25)17-16-23-18-8-5-6-15-26(18)34-32(23)29/h1-17H. The predicted molar refractivity (Wildman–Crippen MR) is 149 cm³/mol. The molecule has 0 bridgehead atoms. The van der Waals surface area contributed by atoms with E-state index >= 15 is 0 Å². The smallest absolute Gasteiger partial charge is 0.147 e. The average Bonchev–Trinajstić information content (AvgIpc) is 3.47. The van der Waals surface area contributed by atoms with Gasteiger partial charge in [0.15, 0.2) is 0 Å². The molecule has 2 aromatic heterocycles. The molecule has 0 N–H and O–H groups in total. The minimum absolute atomic E-state index is 0.838. The molecule has 8 aromatic rings. The van der Waals surface area contributed by atoms with Crippen LogP contribution in [0.25, 0.3) is 76.5 Å². The van der Waals surface area contributed by atoms with E-state index in [9.17, 15) is 0 Å². The molecule has 0 radical (unpaired) electrons. The maximum atomic E-state index is 6.60. The number of para-hydroxylation sites is 2. The Morgan fingerprint density at radius 1 is 0.429 bits per heavy atom. The molecular formula is C32H17BrO2. The molecule has 8 rings (SSSR count). The lowest BCUT2D eigenvalue weighted by atomic mass is 9.91. The van der Waals surface area contributed by atoms with Crippen LogP contribution in [0.15, 0.2) is 116 Å². The minimum atomic E-state index is 0.838. The molecule has 0 atom stereocenters. The van der Waals surface area contributed by atoms with E-state index in [4.69, 9.17) is 8.83 Å². The van der Waals surface area contributed by atoms with Gasteiger partial charge >= 0.3 is 0 Å². The molecule has 0 fully saturated rings. The first-order chi connectivity index (χ1) is 17.3. The second kappa shape index (κ2) is 6.97. The molecule has 0 unspecified atom stereocenters. The molecule has 35 heavy (non-hydrogen) atoms. The molecule has 0 aliphatic heterocycles. The van der Waals surface area contributed by atoms with Crippen molar-refractivity contribution in [2.24, 2.45) is 0 Å². The summed E-state index contributed by atoms with van der Waals surface area (Å²) < 4.78 is 14.1. The van der Waals surface area contributed by atoms with Gasteiger partial charge in [0.1, 0.15) is 22.3 Å². The van der Waals surface area contributed by atoms with Crippen molar-refractivity contribution in [1.29, 1.82) is 0 Å². The zero-order valence-electron chi connectivity index (χ0n) is 18.5. The molecule has 3 heteroatoms. The summed E-state index contributed by atoms with van der Waals surface area (Å²) in [5.74, 6) is 0. The molecule has 2 heterocycles. The Morgan fingerprint density at radius 2 is 1.03 bits per heavy atom. The average molecular weight is 513 g/mol. The van der Waals surface area contributed by atoms with E-state index < -0.39 is 0 Å². The summed E-state index contributed by atoms with van der Waals surface area (Å²) in [6.45, 7) is 0. The van der Waals surface area contributed by atoms with Gasteiger partial charge in [-0.05, 0) is 55.7 Å². The lowest BCUT2D eigenvalue weighted by Crippen LogP contribution is -1.88. The number of benzene rings is 6. The first-order valence-corrected chi connectivity index (χ1v) is 12.4. The van der Waals surface area contributed by atoms with E-state index in [0.29, 0.717) is 0 Å². The summed E-state index contributed by atoms with van der Waals surface area (Å²) in [7, 11) is 0. The fourth-order valence-corrected chi connectivity index (χ4v) is 6.32. The van der Waals surface area contributed by atoms with Gasteiger partial charge in [-0.25, -0.2) is 0 Å². The molecule has 2 nitrogen and oxygen atoms in total. The first-order valence-electron chi connectivity index (χ1n) is 11.6. The molecule has 6 aromatic carbocycles. The number of rotatable bonds is 1. The van der Waals surface area contributed by atoms with Gasteiger partial charge in [-0.2, -0.15) is 0 Å². The Hall–Kier alpha value is -4.08. The Morgan fingerprint density at radius 3 is 1.77 bits per heavy atom. The van der Waals surface area contributed by atoms with Gasteiger partial charge in [-0.15, -0.1) is 0 Å². The van der Waals surface area contributed by atoms with E-state index in [2.05, 4.69) is 107 Å². The monoisotopic (exact) mass is 512 g/mol. The van der Waals surface area contributed by atoms with E-state index in [1.165, 1.54) is 27.1 Å². The van der Waals surface area contributed by atoms with Crippen LogP contribution >= 0.6 is 15.9 Å². The van der Waals surface area contributed by atoms with Crippen molar-refractivity contribution in [2.45, 2.75) is 0 Å². The zero-order valence-corrected chi connectivity index (χ0v) is 20.1. The zero-order chi connectivity index (χ0) is 23.1. The van der Waals surface area contributed by atoms with E-state index in [1.54, 1.807) is 0 Å². The molecule has 0 amide bonds. The van der Waals surface area contributed by atoms with Crippen molar-refractivity contribution in [3.8, 4) is 11.1 Å². The molecule has 0 aliphatic rings. The number of hydrogen-bond acceptors (Lipinski definition) is 2. The Labute approximate surface area is 208 Å². The van der Waals surface area contributed by atoms with Gasteiger partial charge in [0.2, 0.25) is 0 Å². The Bertz CT molecular complexity index is 2070. The van der Waals surface area contributed by atoms with Crippen LogP contribution in [0.3, 0.4) is 0 Å². The molecule has 0 spiro atoms. The molecule has 0 saturated carbocycles. The number of furan rings is 2. The largest absolute Gasteiger partial charge is 0.455 e. The molecule has 0 saturated heterocycles. The van der Waals surface area contributed by atoms with Gasteiger partial charge in [0.25, 0.3) is 0 Å². The van der Waals surface area contributed by atoms with E-state index in [-0.39, 0.29) is 0 Å². The predicted octanol–water partition coefficient (Wildman–Crippen LogP) is 10.2. The second-order valence-corrected chi connectivity index (χ2v) is 9.77. The van der Waals surface area contributed by atoms with Crippen molar-refractivity contribution in [2.75, 3.05) is 0 Å². The third-order valence-corrected chi connectivity index (χ3v) is 7.99. The van der Waals surface area contributed by atoms with Crippen LogP contribution in [0.2, 0.25) is 0 Å². The van der Waals surface area contributed by atoms with Crippen LogP contribution < -0.4 is 0 Å². The van der Waals surface area contributed by atoms with Gasteiger partial charge in [0, 0.05) is 31.8 Å². The maximum Gasteiger partial charge on any atom is 0.147 e. The normalized spacial score (nSPS) is 12.1. The quantitative estimate of drug-likeness (QED) is 0.204. The molecule has 0 aliphatic carbocycles. The topological polar surface area (TPSA) is 26.3 Å². The Balaban J connectivity index is 1.57. The summed E-state index contributed by atoms with van der Waals surface area (Å²) in [4.78, 5) is 0. The highest BCUT2D eigenvalue weighted by molar-refractivity contribution is 9.10. The lowest BCUT2D eigenvalue weighted by Gasteiger charge is -2.14. The van der Waals surface area contributed by atoms with Crippen molar-refractivity contribution in [3.63, 3.8) is 0 Å². The lowest BCUT2D eigenvalue weighted by molar-refractivity contribution is 0.663. The van der Waals surface area contributed by atoms with Gasteiger partial charge < -0.3 is 8.83 Å².